The summed E-state index contributed by atoms with van der Waals surface area (Å²) in [5.41, 5.74) is 0.640. The van der Waals surface area contributed by atoms with E-state index in [-0.39, 0.29) is 0 Å². The molecule has 0 amide bonds. The van der Waals surface area contributed by atoms with E-state index >= 15 is 0 Å². The van der Waals surface area contributed by atoms with Gasteiger partial charge in [-0.25, -0.2) is 0 Å². The summed E-state index contributed by atoms with van der Waals surface area (Å²) >= 11 is 0. The Balaban J connectivity index is 2.50. The molecule has 1 aliphatic carbocycles. The van der Waals surface area contributed by atoms with Crippen molar-refractivity contribution < 1.29 is 0 Å². The van der Waals surface area contributed by atoms with Crippen LogP contribution >= 0.6 is 0 Å². The van der Waals surface area contributed by atoms with E-state index in [9.17, 15) is 0 Å². The van der Waals surface area contributed by atoms with E-state index < -0.39 is 0 Å². The van der Waals surface area contributed by atoms with Gasteiger partial charge in [-0.3, -0.25) is 0 Å². The fourth-order valence-corrected chi connectivity index (χ4v) is 3.19. The average molecular weight is 225 g/mol. The minimum absolute atomic E-state index is 0.638. The fraction of sp³-hybridized carbons (Fsp3) is 1.00. The minimum Gasteiger partial charge on any atom is -0.314 e. The molecule has 0 heterocycles. The van der Waals surface area contributed by atoms with Crippen LogP contribution in [0.4, 0.5) is 0 Å². The molecule has 16 heavy (non-hydrogen) atoms. The molecule has 0 aliphatic heterocycles. The molecule has 0 aromatic heterocycles. The molecule has 96 valence electrons. The van der Waals surface area contributed by atoms with E-state index in [1.54, 1.807) is 0 Å². The summed E-state index contributed by atoms with van der Waals surface area (Å²) in [6, 6.07) is 0.638. The molecule has 1 aliphatic rings. The minimum atomic E-state index is 0.638. The maximum Gasteiger partial charge on any atom is 0.00106 e. The Morgan fingerprint density at radius 3 is 2.06 bits per heavy atom. The number of hydrogen-bond acceptors (Lipinski definition) is 1. The van der Waals surface area contributed by atoms with Crippen LogP contribution in [0.1, 0.15) is 72.6 Å². The second kappa shape index (κ2) is 6.64. The van der Waals surface area contributed by atoms with E-state index in [1.807, 2.05) is 0 Å². The summed E-state index contributed by atoms with van der Waals surface area (Å²) in [6.07, 6.45) is 10.0. The summed E-state index contributed by atoms with van der Waals surface area (Å²) in [5.74, 6) is 0.951. The molecular weight excluding hydrogens is 194 g/mol. The monoisotopic (exact) mass is 225 g/mol. The van der Waals surface area contributed by atoms with Gasteiger partial charge in [0.15, 0.2) is 0 Å². The SMILES string of the molecule is CCC(CC)CC1(CNC(C)C)CCCC1. The van der Waals surface area contributed by atoms with Crippen molar-refractivity contribution in [2.24, 2.45) is 11.3 Å². The summed E-state index contributed by atoms with van der Waals surface area (Å²) in [6.45, 7) is 10.5. The zero-order valence-corrected chi connectivity index (χ0v) is 11.8. The van der Waals surface area contributed by atoms with Crippen molar-refractivity contribution in [3.63, 3.8) is 0 Å². The zero-order valence-electron chi connectivity index (χ0n) is 11.8. The van der Waals surface area contributed by atoms with Crippen LogP contribution in [-0.4, -0.2) is 12.6 Å². The number of nitrogens with one attached hydrogen (secondary N) is 1. The predicted octanol–water partition coefficient (Wildman–Crippen LogP) is 4.37. The number of rotatable bonds is 7. The molecule has 0 unspecified atom stereocenters. The van der Waals surface area contributed by atoms with Crippen LogP contribution in [0.5, 0.6) is 0 Å². The Labute approximate surface area is 102 Å². The normalized spacial score (nSPS) is 19.9. The first-order valence-electron chi connectivity index (χ1n) is 7.35. The molecule has 0 radical (unpaired) electrons. The van der Waals surface area contributed by atoms with Crippen molar-refractivity contribution >= 4 is 0 Å². The molecule has 1 rings (SSSR count). The molecule has 1 saturated carbocycles. The standard InChI is InChI=1S/C15H31N/c1-5-14(6-2)11-15(9-7-8-10-15)12-16-13(3)4/h13-14,16H,5-12H2,1-4H3. The van der Waals surface area contributed by atoms with Crippen LogP contribution in [0, 0.1) is 11.3 Å². The van der Waals surface area contributed by atoms with Gasteiger partial charge in [-0.1, -0.05) is 53.4 Å². The highest BCUT2D eigenvalue weighted by Gasteiger charge is 2.34. The molecule has 0 aromatic carbocycles. The van der Waals surface area contributed by atoms with Gasteiger partial charge in [-0.15, -0.1) is 0 Å². The van der Waals surface area contributed by atoms with Gasteiger partial charge < -0.3 is 5.32 Å². The Hall–Kier alpha value is -0.0400. The lowest BCUT2D eigenvalue weighted by Crippen LogP contribution is -2.37. The second-order valence-electron chi connectivity index (χ2n) is 6.13. The van der Waals surface area contributed by atoms with Gasteiger partial charge in [0.1, 0.15) is 0 Å². The van der Waals surface area contributed by atoms with Crippen LogP contribution in [0.2, 0.25) is 0 Å². The maximum absolute atomic E-state index is 3.68. The quantitative estimate of drug-likeness (QED) is 0.678. The molecule has 0 saturated heterocycles. The Kier molecular flexibility index (Phi) is 5.82. The van der Waals surface area contributed by atoms with Gasteiger partial charge in [-0.2, -0.15) is 0 Å². The Morgan fingerprint density at radius 2 is 1.62 bits per heavy atom. The maximum atomic E-state index is 3.68. The van der Waals surface area contributed by atoms with Crippen LogP contribution in [0.15, 0.2) is 0 Å². The smallest absolute Gasteiger partial charge is 0.00106 e. The van der Waals surface area contributed by atoms with Crippen LogP contribution in [0.3, 0.4) is 0 Å². The highest BCUT2D eigenvalue weighted by atomic mass is 14.9. The third-order valence-electron chi connectivity index (χ3n) is 4.43. The van der Waals surface area contributed by atoms with Gasteiger partial charge in [0, 0.05) is 12.6 Å². The largest absolute Gasteiger partial charge is 0.314 e. The highest BCUT2D eigenvalue weighted by Crippen LogP contribution is 2.43. The lowest BCUT2D eigenvalue weighted by molar-refractivity contribution is 0.199. The van der Waals surface area contributed by atoms with E-state index in [0.29, 0.717) is 11.5 Å². The van der Waals surface area contributed by atoms with Crippen molar-refractivity contribution in [1.82, 2.24) is 5.32 Å². The molecular formula is C15H31N. The van der Waals surface area contributed by atoms with Crippen molar-refractivity contribution in [3.8, 4) is 0 Å². The van der Waals surface area contributed by atoms with E-state index in [2.05, 4.69) is 33.0 Å². The molecule has 0 bridgehead atoms. The lowest BCUT2D eigenvalue weighted by atomic mass is 9.76. The first kappa shape index (κ1) is 14.0. The molecule has 0 spiro atoms. The van der Waals surface area contributed by atoms with Crippen molar-refractivity contribution in [2.45, 2.75) is 78.7 Å². The molecule has 0 atom stereocenters. The van der Waals surface area contributed by atoms with E-state index in [4.69, 9.17) is 0 Å². The van der Waals surface area contributed by atoms with Gasteiger partial charge >= 0.3 is 0 Å². The third-order valence-corrected chi connectivity index (χ3v) is 4.43. The summed E-state index contributed by atoms with van der Waals surface area (Å²) in [7, 11) is 0. The van der Waals surface area contributed by atoms with Crippen LogP contribution in [-0.2, 0) is 0 Å². The molecule has 1 nitrogen and oxygen atoms in total. The van der Waals surface area contributed by atoms with Crippen molar-refractivity contribution in [2.75, 3.05) is 6.54 Å². The highest BCUT2D eigenvalue weighted by molar-refractivity contribution is 4.88. The lowest BCUT2D eigenvalue weighted by Gasteiger charge is -2.33. The number of hydrogen-bond donors (Lipinski definition) is 1. The van der Waals surface area contributed by atoms with Crippen LogP contribution < -0.4 is 5.32 Å². The van der Waals surface area contributed by atoms with Crippen molar-refractivity contribution in [1.29, 1.82) is 0 Å². The third kappa shape index (κ3) is 4.08. The second-order valence-corrected chi connectivity index (χ2v) is 6.13. The van der Waals surface area contributed by atoms with E-state index in [0.717, 1.165) is 5.92 Å². The topological polar surface area (TPSA) is 12.0 Å². The summed E-state index contributed by atoms with van der Waals surface area (Å²) < 4.78 is 0. The zero-order chi connectivity index (χ0) is 12.0. The Morgan fingerprint density at radius 1 is 1.06 bits per heavy atom. The average Bonchev–Trinajstić information content (AvgIpc) is 2.72. The van der Waals surface area contributed by atoms with Gasteiger partial charge in [-0.05, 0) is 30.6 Å². The molecule has 1 heteroatoms. The van der Waals surface area contributed by atoms with E-state index in [1.165, 1.54) is 51.5 Å². The fourth-order valence-electron chi connectivity index (χ4n) is 3.19. The predicted molar refractivity (Wildman–Crippen MR) is 72.7 cm³/mol. The Bertz CT molecular complexity index is 176. The molecule has 1 fully saturated rings. The summed E-state index contributed by atoms with van der Waals surface area (Å²) in [5, 5.41) is 3.68. The van der Waals surface area contributed by atoms with Gasteiger partial charge in [0.2, 0.25) is 0 Å². The van der Waals surface area contributed by atoms with Crippen LogP contribution in [0.25, 0.3) is 0 Å². The molecule has 1 N–H and O–H groups in total. The van der Waals surface area contributed by atoms with Gasteiger partial charge in [0.25, 0.3) is 0 Å². The molecule has 0 aromatic rings. The van der Waals surface area contributed by atoms with Crippen molar-refractivity contribution in [3.05, 3.63) is 0 Å². The first-order valence-corrected chi connectivity index (χ1v) is 7.35. The first-order chi connectivity index (χ1) is 7.62. The van der Waals surface area contributed by atoms with Gasteiger partial charge in [0.05, 0.1) is 0 Å². The summed E-state index contributed by atoms with van der Waals surface area (Å²) in [4.78, 5) is 0.